The van der Waals surface area contributed by atoms with Crippen molar-refractivity contribution in [2.75, 3.05) is 30.8 Å². The Balaban J connectivity index is 1.82. The summed E-state index contributed by atoms with van der Waals surface area (Å²) in [5.74, 6) is -4.63. The van der Waals surface area contributed by atoms with Gasteiger partial charge in [-0.3, -0.25) is 9.59 Å². The van der Waals surface area contributed by atoms with E-state index in [-0.39, 0.29) is 47.7 Å². The highest BCUT2D eigenvalue weighted by Gasteiger charge is 2.44. The number of anilines is 2. The van der Waals surface area contributed by atoms with Gasteiger partial charge in [-0.05, 0) is 31.7 Å². The Morgan fingerprint density at radius 1 is 1.22 bits per heavy atom. The van der Waals surface area contributed by atoms with Gasteiger partial charge in [0.1, 0.15) is 5.56 Å². The van der Waals surface area contributed by atoms with Crippen LogP contribution in [0.3, 0.4) is 0 Å². The van der Waals surface area contributed by atoms with Gasteiger partial charge < -0.3 is 24.8 Å². The third-order valence-corrected chi connectivity index (χ3v) is 6.61. The van der Waals surface area contributed by atoms with E-state index in [0.717, 1.165) is 13.2 Å². The maximum atomic E-state index is 15.6. The number of nitrogen functional groups attached to an aromatic ring is 1. The summed E-state index contributed by atoms with van der Waals surface area (Å²) in [6.45, 7) is 1.48. The van der Waals surface area contributed by atoms with E-state index in [0.29, 0.717) is 17.7 Å². The van der Waals surface area contributed by atoms with Crippen LogP contribution in [0.4, 0.5) is 37.6 Å². The van der Waals surface area contributed by atoms with Crippen molar-refractivity contribution < 1.29 is 40.4 Å². The quantitative estimate of drug-likeness (QED) is 0.372. The molecule has 1 aliphatic heterocycles. The molecule has 0 unspecified atom stereocenters. The van der Waals surface area contributed by atoms with E-state index >= 15 is 4.39 Å². The summed E-state index contributed by atoms with van der Waals surface area (Å²) in [5.41, 5.74) is 3.94. The van der Waals surface area contributed by atoms with Crippen LogP contribution in [0.25, 0.3) is 10.9 Å². The zero-order valence-electron chi connectivity index (χ0n) is 19.2. The maximum absolute atomic E-state index is 15.6. The number of nitrogens with two attached hydrogens (primary N) is 1. The normalized spacial score (nSPS) is 18.0. The number of benzene rings is 1. The number of nitrogens with zero attached hydrogens (tertiary/aromatic N) is 3. The number of carbonyl (C=O) groups excluding carboxylic acids is 2. The Morgan fingerprint density at radius 3 is 2.42 bits per heavy atom. The third-order valence-electron chi connectivity index (χ3n) is 6.61. The number of alkyl halides is 3. The minimum atomic E-state index is -5.06. The number of fused-ring (bicyclic) bond motifs is 1. The van der Waals surface area contributed by atoms with Crippen molar-refractivity contribution in [3.05, 3.63) is 33.4 Å². The molecule has 36 heavy (non-hydrogen) atoms. The lowest BCUT2D eigenvalue weighted by Crippen LogP contribution is -2.45. The number of aryl methyl sites for hydroxylation is 1. The topological polar surface area (TPSA) is 97.9 Å². The monoisotopic (exact) mass is 518 g/mol. The highest BCUT2D eigenvalue weighted by Crippen LogP contribution is 2.43. The molecule has 1 aromatic heterocycles. The summed E-state index contributed by atoms with van der Waals surface area (Å²) in [7, 11) is -2.45. The number of aromatic nitrogens is 1. The van der Waals surface area contributed by atoms with Gasteiger partial charge in [0.15, 0.2) is 5.82 Å². The lowest BCUT2D eigenvalue weighted by molar-refractivity contribution is -0.185. The van der Waals surface area contributed by atoms with Crippen LogP contribution in [0.5, 0.6) is 0 Å². The van der Waals surface area contributed by atoms with Gasteiger partial charge in [0.25, 0.3) is 0 Å². The van der Waals surface area contributed by atoms with Gasteiger partial charge >= 0.3 is 25.5 Å². The van der Waals surface area contributed by atoms with Gasteiger partial charge in [-0.25, -0.2) is 17.8 Å². The van der Waals surface area contributed by atoms with Crippen LogP contribution >= 0.6 is 0 Å². The average Bonchev–Trinajstić information content (AvgIpc) is 3.52. The van der Waals surface area contributed by atoms with E-state index in [9.17, 15) is 36.2 Å². The van der Waals surface area contributed by atoms with E-state index in [1.807, 2.05) is 0 Å². The summed E-state index contributed by atoms with van der Waals surface area (Å²) in [4.78, 5) is 38.8. The second-order valence-corrected chi connectivity index (χ2v) is 8.90. The van der Waals surface area contributed by atoms with E-state index in [2.05, 4.69) is 4.65 Å². The minimum absolute atomic E-state index is 0.0490. The molecule has 2 heterocycles. The van der Waals surface area contributed by atoms with Crippen LogP contribution in [-0.2, 0) is 9.45 Å². The highest BCUT2D eigenvalue weighted by molar-refractivity contribution is 6.38. The molecule has 1 saturated carbocycles. The first-order chi connectivity index (χ1) is 16.7. The fourth-order valence-corrected chi connectivity index (χ4v) is 4.71. The first-order valence-corrected chi connectivity index (χ1v) is 11.0. The van der Waals surface area contributed by atoms with Crippen LogP contribution in [0, 0.1) is 12.7 Å². The molecule has 1 aliphatic carbocycles. The molecule has 194 valence electrons. The fourth-order valence-electron chi connectivity index (χ4n) is 4.71. The molecule has 1 amide bonds. The summed E-state index contributed by atoms with van der Waals surface area (Å²) in [6, 6.07) is -1.06. The number of amides is 1. The lowest BCUT2D eigenvalue weighted by atomic mass is 10.0. The van der Waals surface area contributed by atoms with Gasteiger partial charge in [0.2, 0.25) is 5.43 Å². The summed E-state index contributed by atoms with van der Waals surface area (Å²) >= 11 is 0. The zero-order chi connectivity index (χ0) is 26.7. The molecule has 1 atom stereocenters. The molecule has 2 N–H and O–H groups in total. The molecule has 2 aliphatic rings. The summed E-state index contributed by atoms with van der Waals surface area (Å²) < 4.78 is 84.7. The molecular weight excluding hydrogens is 497 g/mol. The van der Waals surface area contributed by atoms with Gasteiger partial charge in [-0.15, -0.1) is 0 Å². The third kappa shape index (κ3) is 4.34. The van der Waals surface area contributed by atoms with Crippen LogP contribution < -0.4 is 16.1 Å². The smallest absolute Gasteiger partial charge is 0.474 e. The van der Waals surface area contributed by atoms with Crippen molar-refractivity contribution in [1.82, 2.24) is 9.47 Å². The average molecular weight is 518 g/mol. The Kier molecular flexibility index (Phi) is 6.37. The molecule has 4 rings (SSSR count). The van der Waals surface area contributed by atoms with Crippen molar-refractivity contribution >= 4 is 41.6 Å². The molecule has 1 saturated heterocycles. The second-order valence-electron chi connectivity index (χ2n) is 8.90. The Bertz CT molecular complexity index is 1310. The first kappa shape index (κ1) is 25.7. The van der Waals surface area contributed by atoms with Gasteiger partial charge in [0, 0.05) is 32.4 Å². The molecule has 2 fully saturated rings. The van der Waals surface area contributed by atoms with E-state index in [1.165, 1.54) is 16.4 Å². The van der Waals surface area contributed by atoms with Crippen molar-refractivity contribution in [3.63, 3.8) is 0 Å². The number of halogens is 6. The predicted octanol–water partition coefficient (Wildman–Crippen LogP) is 3.05. The first-order valence-electron chi connectivity index (χ1n) is 11.0. The van der Waals surface area contributed by atoms with E-state index in [4.69, 9.17) is 5.73 Å². The highest BCUT2D eigenvalue weighted by atomic mass is 19.4. The summed E-state index contributed by atoms with van der Waals surface area (Å²) in [6.07, 6.45) is -2.56. The number of hydrogen-bond donors (Lipinski definition) is 1. The molecule has 0 bridgehead atoms. The van der Waals surface area contributed by atoms with Crippen molar-refractivity contribution in [3.8, 4) is 0 Å². The number of pyridine rings is 1. The number of carbonyl (C=O) groups is 2. The fraction of sp³-hybridized carbons (Fsp3) is 0.476. The van der Waals surface area contributed by atoms with Crippen LogP contribution in [0.15, 0.2) is 11.0 Å². The molecule has 2 aromatic rings. The van der Waals surface area contributed by atoms with Crippen LogP contribution in [0.2, 0.25) is 0 Å². The number of rotatable bonds is 5. The zero-order valence-corrected chi connectivity index (χ0v) is 19.2. The predicted molar refractivity (Wildman–Crippen MR) is 118 cm³/mol. The Morgan fingerprint density at radius 2 is 1.86 bits per heavy atom. The number of hydrogen-bond acceptors (Lipinski definition) is 6. The molecule has 0 radical (unpaired) electrons. The molecule has 8 nitrogen and oxygen atoms in total. The van der Waals surface area contributed by atoms with Crippen LogP contribution in [0.1, 0.15) is 41.2 Å². The SMILES string of the molecule is Cc1c(N2CC[C@H](N(C)C(=O)C(F)(F)F)C2)c(F)c(N)c2c(=O)c(C(=O)OB(F)F)cn(C3CC3)c12. The van der Waals surface area contributed by atoms with Crippen molar-refractivity contribution in [2.24, 2.45) is 0 Å². The molecule has 1 aromatic carbocycles. The van der Waals surface area contributed by atoms with Crippen molar-refractivity contribution in [2.45, 2.75) is 44.4 Å². The Hall–Kier alpha value is -3.39. The largest absolute Gasteiger partial charge is 0.798 e. The maximum Gasteiger partial charge on any atom is 0.798 e. The standard InChI is InChI=1S/C21H21BF6N4O4/c1-9-16-13(18(33)12(19(34)36-22(27)28)8-32(16)10-3-4-10)15(29)14(23)17(9)31-6-5-11(7-31)30(2)20(35)21(24,25)26/h8,10-11H,3-7,29H2,1-2H3/t11-/m0/s1. The minimum Gasteiger partial charge on any atom is -0.474 e. The van der Waals surface area contributed by atoms with Gasteiger partial charge in [-0.1, -0.05) is 0 Å². The van der Waals surface area contributed by atoms with E-state index in [1.54, 1.807) is 0 Å². The second kappa shape index (κ2) is 8.93. The number of likely N-dealkylation sites (N-methyl/N-ethyl adjacent to an activating group) is 1. The van der Waals surface area contributed by atoms with Gasteiger partial charge in [0.05, 0.1) is 28.3 Å². The van der Waals surface area contributed by atoms with Crippen molar-refractivity contribution in [1.29, 1.82) is 0 Å². The molecular formula is C21H21BF6N4O4. The lowest BCUT2D eigenvalue weighted by Gasteiger charge is -2.28. The Labute approximate surface area is 200 Å². The molecule has 15 heteroatoms. The van der Waals surface area contributed by atoms with Gasteiger partial charge in [-0.2, -0.15) is 13.2 Å². The van der Waals surface area contributed by atoms with E-state index < -0.39 is 54.1 Å². The summed E-state index contributed by atoms with van der Waals surface area (Å²) in [5, 5.41) is -0.371. The molecule has 0 spiro atoms. The van der Waals surface area contributed by atoms with Crippen LogP contribution in [-0.4, -0.2) is 61.2 Å².